The van der Waals surface area contributed by atoms with Gasteiger partial charge in [-0.15, -0.1) is 0 Å². The zero-order valence-electron chi connectivity index (χ0n) is 7.98. The van der Waals surface area contributed by atoms with E-state index in [1.165, 1.54) is 0 Å². The number of hydrogen-bond acceptors (Lipinski definition) is 8. The molecule has 0 atom stereocenters. The van der Waals surface area contributed by atoms with Crippen molar-refractivity contribution < 1.29 is 105 Å². The summed E-state index contributed by atoms with van der Waals surface area (Å²) in [6, 6.07) is 0. The van der Waals surface area contributed by atoms with Crippen molar-refractivity contribution in [2.24, 2.45) is 0 Å². The first-order chi connectivity index (χ1) is 5.89. The van der Waals surface area contributed by atoms with Gasteiger partial charge in [-0.3, -0.25) is 0 Å². The van der Waals surface area contributed by atoms with E-state index in [2.05, 4.69) is 0 Å². The molecule has 2 N–H and O–H groups in total. The van der Waals surface area contributed by atoms with E-state index >= 15 is 0 Å². The van der Waals surface area contributed by atoms with Crippen molar-refractivity contribution in [2.45, 2.75) is 0 Å². The first-order valence-electron chi connectivity index (χ1n) is 2.26. The standard InChI is InChI=1S/2CH2O5S.2Na/c2*2-1(3)7(4,5)6;;/h2*(H,2,3)(H,4,5,6);;/q;;2*+1/p-2. The summed E-state index contributed by atoms with van der Waals surface area (Å²) in [5.74, 6) is 0. The van der Waals surface area contributed by atoms with Crippen molar-refractivity contribution in [2.75, 3.05) is 0 Å². The van der Waals surface area contributed by atoms with Gasteiger partial charge in [0, 0.05) is 0 Å². The van der Waals surface area contributed by atoms with Gasteiger partial charge in [0.15, 0.2) is 20.2 Å². The molecule has 0 fully saturated rings. The third kappa shape index (κ3) is 17.2. The first-order valence-corrected chi connectivity index (χ1v) is 5.08. The molecule has 0 aliphatic carbocycles. The maximum atomic E-state index is 9.18. The Bertz CT molecular complexity index is 376. The van der Waals surface area contributed by atoms with Gasteiger partial charge in [-0.1, -0.05) is 0 Å². The van der Waals surface area contributed by atoms with Gasteiger partial charge in [-0.2, -0.15) is 0 Å². The number of carbonyl (C=O) groups is 2. The van der Waals surface area contributed by atoms with Crippen LogP contribution in [0.3, 0.4) is 0 Å². The number of hydrogen-bond donors (Lipinski definition) is 2. The molecule has 0 bridgehead atoms. The van der Waals surface area contributed by atoms with Crippen molar-refractivity contribution in [3.8, 4) is 0 Å². The fraction of sp³-hybridized carbons (Fsp3) is 0. The molecule has 16 heavy (non-hydrogen) atoms. The molecule has 0 unspecified atom stereocenters. The van der Waals surface area contributed by atoms with Crippen LogP contribution in [0, 0.1) is 0 Å². The van der Waals surface area contributed by atoms with Crippen LogP contribution < -0.4 is 59.1 Å². The zero-order valence-corrected chi connectivity index (χ0v) is 13.6. The molecule has 0 rings (SSSR count). The Morgan fingerprint density at radius 1 is 0.750 bits per heavy atom. The molecule has 0 aromatic rings. The normalized spacial score (nSPS) is 9.62. The molecule has 0 aromatic heterocycles. The second kappa shape index (κ2) is 9.76. The minimum Gasteiger partial charge on any atom is -0.739 e. The average Bonchev–Trinajstić information content (AvgIpc) is 1.83. The monoisotopic (exact) mass is 296 g/mol. The van der Waals surface area contributed by atoms with E-state index in [1.54, 1.807) is 0 Å². The molecule has 14 heteroatoms. The third-order valence-electron chi connectivity index (χ3n) is 0.428. The Morgan fingerprint density at radius 3 is 0.812 bits per heavy atom. The van der Waals surface area contributed by atoms with Crippen LogP contribution in [0.2, 0.25) is 0 Å². The van der Waals surface area contributed by atoms with Crippen molar-refractivity contribution in [1.29, 1.82) is 0 Å². The molecular formula is C2H2Na2O10S2. The molecule has 0 aliphatic rings. The minimum absolute atomic E-state index is 0. The number of rotatable bonds is 0. The van der Waals surface area contributed by atoms with E-state index in [-0.39, 0.29) is 59.1 Å². The predicted octanol–water partition coefficient (Wildman–Crippen LogP) is -7.57. The second-order valence-electron chi connectivity index (χ2n) is 1.44. The average molecular weight is 296 g/mol. The number of carboxylic acid groups (broad SMARTS) is 2. The molecule has 0 aliphatic heterocycles. The van der Waals surface area contributed by atoms with E-state index in [1.807, 2.05) is 0 Å². The Labute approximate surface area is 134 Å². The maximum absolute atomic E-state index is 9.18. The summed E-state index contributed by atoms with van der Waals surface area (Å²) in [5.41, 5.74) is 0. The predicted molar refractivity (Wildman–Crippen MR) is 35.4 cm³/mol. The summed E-state index contributed by atoms with van der Waals surface area (Å²) in [6.07, 6.45) is 0. The van der Waals surface area contributed by atoms with Gasteiger partial charge in [0.1, 0.15) is 0 Å². The smallest absolute Gasteiger partial charge is 0.739 e. The van der Waals surface area contributed by atoms with Crippen molar-refractivity contribution in [1.82, 2.24) is 0 Å². The van der Waals surface area contributed by atoms with Crippen LogP contribution in [-0.2, 0) is 20.2 Å². The van der Waals surface area contributed by atoms with E-state index < -0.39 is 30.8 Å². The van der Waals surface area contributed by atoms with Gasteiger partial charge in [-0.05, 0) is 0 Å². The molecule has 0 saturated heterocycles. The third-order valence-corrected chi connectivity index (χ3v) is 1.28. The van der Waals surface area contributed by atoms with Crippen LogP contribution >= 0.6 is 0 Å². The summed E-state index contributed by atoms with van der Waals surface area (Å²) < 4.78 is 55.1. The fourth-order valence-corrected chi connectivity index (χ4v) is 0. The topological polar surface area (TPSA) is 189 Å². The van der Waals surface area contributed by atoms with Crippen LogP contribution in [-0.4, -0.2) is 46.8 Å². The van der Waals surface area contributed by atoms with Crippen LogP contribution in [0.1, 0.15) is 0 Å². The fourth-order valence-electron chi connectivity index (χ4n) is 0. The minimum atomic E-state index is -5.07. The van der Waals surface area contributed by atoms with Crippen LogP contribution in [0.25, 0.3) is 0 Å². The Kier molecular flexibility index (Phi) is 15.6. The van der Waals surface area contributed by atoms with Gasteiger partial charge in [-0.25, -0.2) is 26.4 Å². The van der Waals surface area contributed by atoms with E-state index in [4.69, 9.17) is 19.8 Å². The molecular weight excluding hydrogens is 294 g/mol. The summed E-state index contributed by atoms with van der Waals surface area (Å²) >= 11 is 0. The SMILES string of the molecule is O=C(O)S(=O)(=O)[O-].O=C(O)S(=O)(=O)[O-].[Na+].[Na+]. The van der Waals surface area contributed by atoms with E-state index in [9.17, 15) is 25.9 Å². The quantitative estimate of drug-likeness (QED) is 0.320. The zero-order chi connectivity index (χ0) is 12.2. The van der Waals surface area contributed by atoms with Gasteiger partial charge in [0.25, 0.3) is 0 Å². The van der Waals surface area contributed by atoms with Crippen molar-refractivity contribution in [3.63, 3.8) is 0 Å². The molecule has 0 aromatic carbocycles. The van der Waals surface area contributed by atoms with Gasteiger partial charge >= 0.3 is 69.7 Å². The van der Waals surface area contributed by atoms with Crippen LogP contribution in [0.15, 0.2) is 0 Å². The Morgan fingerprint density at radius 2 is 0.812 bits per heavy atom. The second-order valence-corrected chi connectivity index (χ2v) is 3.96. The molecule has 0 radical (unpaired) electrons. The molecule has 0 heterocycles. The molecule has 0 amide bonds. The molecule has 84 valence electrons. The van der Waals surface area contributed by atoms with Crippen molar-refractivity contribution >= 4 is 30.8 Å². The van der Waals surface area contributed by atoms with Gasteiger partial charge in [0.2, 0.25) is 0 Å². The summed E-state index contributed by atoms with van der Waals surface area (Å²) in [5, 5.41) is 10.0. The summed E-state index contributed by atoms with van der Waals surface area (Å²) in [6.45, 7) is 0. The van der Waals surface area contributed by atoms with Crippen molar-refractivity contribution in [3.05, 3.63) is 0 Å². The first kappa shape index (κ1) is 25.6. The maximum Gasteiger partial charge on any atom is 1.00 e. The summed E-state index contributed by atoms with van der Waals surface area (Å²) in [4.78, 5) is 18.2. The Hall–Kier alpha value is 0.760. The summed E-state index contributed by atoms with van der Waals surface area (Å²) in [7, 11) is -10.1. The van der Waals surface area contributed by atoms with Crippen LogP contribution in [0.4, 0.5) is 9.59 Å². The molecule has 0 spiro atoms. The van der Waals surface area contributed by atoms with E-state index in [0.29, 0.717) is 0 Å². The van der Waals surface area contributed by atoms with Gasteiger partial charge in [0.05, 0.1) is 0 Å². The Balaban J connectivity index is -0.0000000800. The largest absolute Gasteiger partial charge is 1.00 e. The molecule has 10 nitrogen and oxygen atoms in total. The molecule has 0 saturated carbocycles. The van der Waals surface area contributed by atoms with E-state index in [0.717, 1.165) is 0 Å². The van der Waals surface area contributed by atoms with Crippen LogP contribution in [0.5, 0.6) is 0 Å². The van der Waals surface area contributed by atoms with Gasteiger partial charge < -0.3 is 19.3 Å².